The number of carbonyl (C=O) groups excluding carboxylic acids is 2. The molecule has 0 radical (unpaired) electrons. The molecule has 0 unspecified atom stereocenters. The minimum absolute atomic E-state index is 0.00311. The van der Waals surface area contributed by atoms with Gasteiger partial charge in [0.1, 0.15) is 12.7 Å². The molecule has 2 aromatic heterocycles. The molecule has 10 nitrogen and oxygen atoms in total. The Balaban J connectivity index is 1.31. The first-order chi connectivity index (χ1) is 13.4. The Labute approximate surface area is 161 Å². The molecule has 2 saturated heterocycles. The van der Waals surface area contributed by atoms with Crippen molar-refractivity contribution in [2.24, 2.45) is 5.92 Å². The van der Waals surface area contributed by atoms with Crippen molar-refractivity contribution in [3.05, 3.63) is 36.5 Å². The summed E-state index contributed by atoms with van der Waals surface area (Å²) in [6.07, 6.45) is 5.18. The molecule has 28 heavy (non-hydrogen) atoms. The normalized spacial score (nSPS) is 23.9. The zero-order chi connectivity index (χ0) is 19.7. The van der Waals surface area contributed by atoms with Crippen LogP contribution in [0.2, 0.25) is 0 Å². The summed E-state index contributed by atoms with van der Waals surface area (Å²) in [6.45, 7) is 0.570. The number of aromatic nitrogens is 4. The van der Waals surface area contributed by atoms with E-state index < -0.39 is 15.8 Å². The highest BCUT2D eigenvalue weighted by atomic mass is 32.2. The lowest BCUT2D eigenvalue weighted by Crippen LogP contribution is -2.39. The summed E-state index contributed by atoms with van der Waals surface area (Å²) >= 11 is 0. The van der Waals surface area contributed by atoms with Gasteiger partial charge in [0.2, 0.25) is 11.8 Å². The van der Waals surface area contributed by atoms with Crippen molar-refractivity contribution in [2.45, 2.75) is 25.4 Å². The first-order valence-corrected chi connectivity index (χ1v) is 10.8. The van der Waals surface area contributed by atoms with E-state index >= 15 is 0 Å². The van der Waals surface area contributed by atoms with E-state index in [0.29, 0.717) is 18.8 Å². The molecule has 148 valence electrons. The van der Waals surface area contributed by atoms with E-state index in [1.807, 2.05) is 6.07 Å². The second-order valence-electron chi connectivity index (χ2n) is 7.09. The lowest BCUT2D eigenvalue weighted by atomic mass is 10.1. The van der Waals surface area contributed by atoms with Crippen LogP contribution < -0.4 is 5.32 Å². The second kappa shape index (κ2) is 7.30. The number of likely N-dealkylation sites (tertiary alicyclic amines) is 1. The standard InChI is InChI=1S/C17H20N6O4S/c24-16-5-13(8-22(16)14-3-4-28(26,27)9-14)17(25)20-7-12-1-2-15(19-6-12)23-11-18-10-21-23/h1-2,6,10-11,13-14H,3-5,7-9H2,(H,20,25)/t13-,14-/m0/s1. The number of hydrogen-bond acceptors (Lipinski definition) is 7. The van der Waals surface area contributed by atoms with Gasteiger partial charge >= 0.3 is 0 Å². The summed E-state index contributed by atoms with van der Waals surface area (Å²) in [5, 5.41) is 6.83. The van der Waals surface area contributed by atoms with Gasteiger partial charge in [-0.3, -0.25) is 9.59 Å². The Kier molecular flexibility index (Phi) is 4.84. The zero-order valence-electron chi connectivity index (χ0n) is 15.1. The minimum Gasteiger partial charge on any atom is -0.352 e. The predicted octanol–water partition coefficient (Wildman–Crippen LogP) is -0.686. The van der Waals surface area contributed by atoms with Gasteiger partial charge in [-0.15, -0.1) is 0 Å². The van der Waals surface area contributed by atoms with Crippen LogP contribution in [0.1, 0.15) is 18.4 Å². The maximum absolute atomic E-state index is 12.5. The quantitative estimate of drug-likeness (QED) is 0.699. The molecule has 0 saturated carbocycles. The van der Waals surface area contributed by atoms with Crippen molar-refractivity contribution in [1.82, 2.24) is 30.0 Å². The van der Waals surface area contributed by atoms with Crippen LogP contribution in [0.3, 0.4) is 0 Å². The fraction of sp³-hybridized carbons (Fsp3) is 0.471. The fourth-order valence-corrected chi connectivity index (χ4v) is 5.33. The summed E-state index contributed by atoms with van der Waals surface area (Å²) < 4.78 is 24.8. The monoisotopic (exact) mass is 404 g/mol. The summed E-state index contributed by atoms with van der Waals surface area (Å²) in [5.41, 5.74) is 0.820. The molecule has 0 aromatic carbocycles. The van der Waals surface area contributed by atoms with Crippen molar-refractivity contribution >= 4 is 21.7 Å². The molecule has 2 aromatic rings. The molecule has 0 aliphatic carbocycles. The molecule has 0 bridgehead atoms. The van der Waals surface area contributed by atoms with Gasteiger partial charge in [-0.25, -0.2) is 23.1 Å². The molecular formula is C17H20N6O4S. The van der Waals surface area contributed by atoms with Crippen LogP contribution in [-0.4, -0.2) is 69.0 Å². The Morgan fingerprint density at radius 3 is 2.82 bits per heavy atom. The van der Waals surface area contributed by atoms with Crippen LogP contribution >= 0.6 is 0 Å². The lowest BCUT2D eigenvalue weighted by Gasteiger charge is -2.22. The number of nitrogens with zero attached hydrogens (tertiary/aromatic N) is 5. The van der Waals surface area contributed by atoms with Crippen molar-refractivity contribution in [3.8, 4) is 5.82 Å². The minimum atomic E-state index is -3.07. The predicted molar refractivity (Wildman–Crippen MR) is 97.9 cm³/mol. The second-order valence-corrected chi connectivity index (χ2v) is 9.32. The van der Waals surface area contributed by atoms with Gasteiger partial charge < -0.3 is 10.2 Å². The summed E-state index contributed by atoms with van der Waals surface area (Å²) in [5.74, 6) is -0.0975. The van der Waals surface area contributed by atoms with Crippen LogP contribution in [0.15, 0.2) is 31.0 Å². The molecule has 11 heteroatoms. The SMILES string of the molecule is O=C(NCc1ccc(-n2cncn2)nc1)[C@H]1CC(=O)N([C@H]2CCS(=O)(=O)C2)C1. The molecule has 2 atom stereocenters. The van der Waals surface area contributed by atoms with Crippen LogP contribution in [0, 0.1) is 5.92 Å². The molecule has 1 N–H and O–H groups in total. The first-order valence-electron chi connectivity index (χ1n) is 8.99. The highest BCUT2D eigenvalue weighted by Gasteiger charge is 2.41. The third kappa shape index (κ3) is 3.88. The van der Waals surface area contributed by atoms with E-state index in [2.05, 4.69) is 20.4 Å². The van der Waals surface area contributed by atoms with Gasteiger partial charge in [0, 0.05) is 31.7 Å². The summed E-state index contributed by atoms with van der Waals surface area (Å²) in [6, 6.07) is 3.31. The van der Waals surface area contributed by atoms with Crippen LogP contribution in [0.25, 0.3) is 5.82 Å². The maximum Gasteiger partial charge on any atom is 0.225 e. The van der Waals surface area contributed by atoms with Gasteiger partial charge in [-0.1, -0.05) is 6.07 Å². The van der Waals surface area contributed by atoms with E-state index in [-0.39, 0.29) is 42.3 Å². The van der Waals surface area contributed by atoms with Crippen molar-refractivity contribution in [2.75, 3.05) is 18.1 Å². The van der Waals surface area contributed by atoms with E-state index in [9.17, 15) is 18.0 Å². The number of rotatable bonds is 5. The Hall–Kier alpha value is -2.82. The number of pyridine rings is 1. The summed E-state index contributed by atoms with van der Waals surface area (Å²) in [4.78, 5) is 34.4. The largest absolute Gasteiger partial charge is 0.352 e. The van der Waals surface area contributed by atoms with Gasteiger partial charge in [0.15, 0.2) is 15.7 Å². The summed E-state index contributed by atoms with van der Waals surface area (Å²) in [7, 11) is -3.07. The van der Waals surface area contributed by atoms with E-state index in [1.165, 1.54) is 11.0 Å². The molecule has 0 spiro atoms. The van der Waals surface area contributed by atoms with E-state index in [1.54, 1.807) is 23.5 Å². The smallest absolute Gasteiger partial charge is 0.225 e. The third-order valence-electron chi connectivity index (χ3n) is 5.11. The number of nitrogens with one attached hydrogen (secondary N) is 1. The Morgan fingerprint density at radius 1 is 1.32 bits per heavy atom. The lowest BCUT2D eigenvalue weighted by molar-refractivity contribution is -0.130. The van der Waals surface area contributed by atoms with Crippen molar-refractivity contribution in [1.29, 1.82) is 0 Å². The number of sulfone groups is 1. The zero-order valence-corrected chi connectivity index (χ0v) is 15.9. The average Bonchev–Trinajstić information content (AvgIpc) is 3.40. The topological polar surface area (TPSA) is 127 Å². The van der Waals surface area contributed by atoms with E-state index in [4.69, 9.17) is 0 Å². The van der Waals surface area contributed by atoms with Crippen molar-refractivity contribution < 1.29 is 18.0 Å². The molecule has 4 heterocycles. The van der Waals surface area contributed by atoms with Gasteiger partial charge in [0.05, 0.1) is 17.4 Å². The molecule has 2 aliphatic rings. The molecule has 4 rings (SSSR count). The van der Waals surface area contributed by atoms with Crippen LogP contribution in [-0.2, 0) is 26.0 Å². The van der Waals surface area contributed by atoms with Gasteiger partial charge in [-0.2, -0.15) is 5.10 Å². The van der Waals surface area contributed by atoms with Crippen LogP contribution in [0.5, 0.6) is 0 Å². The first kappa shape index (κ1) is 18.5. The average molecular weight is 404 g/mol. The highest BCUT2D eigenvalue weighted by Crippen LogP contribution is 2.26. The third-order valence-corrected chi connectivity index (χ3v) is 6.86. The molecule has 2 amide bonds. The number of amides is 2. The molecular weight excluding hydrogens is 384 g/mol. The maximum atomic E-state index is 12.5. The number of carbonyl (C=O) groups is 2. The van der Waals surface area contributed by atoms with Crippen LogP contribution in [0.4, 0.5) is 0 Å². The van der Waals surface area contributed by atoms with Gasteiger partial charge in [-0.05, 0) is 18.1 Å². The van der Waals surface area contributed by atoms with Gasteiger partial charge in [0.25, 0.3) is 0 Å². The number of hydrogen-bond donors (Lipinski definition) is 1. The van der Waals surface area contributed by atoms with E-state index in [0.717, 1.165) is 5.56 Å². The van der Waals surface area contributed by atoms with Crippen molar-refractivity contribution in [3.63, 3.8) is 0 Å². The fourth-order valence-electron chi connectivity index (χ4n) is 3.60. The molecule has 2 aliphatic heterocycles. The Bertz CT molecular complexity index is 974. The Morgan fingerprint density at radius 2 is 2.18 bits per heavy atom. The molecule has 2 fully saturated rings. The highest BCUT2D eigenvalue weighted by molar-refractivity contribution is 7.91.